The molecule has 0 spiro atoms. The van der Waals surface area contributed by atoms with E-state index in [4.69, 9.17) is 80.4 Å². The van der Waals surface area contributed by atoms with Crippen LogP contribution >= 0.6 is 71.4 Å². The normalized spacial score (nSPS) is 23.2. The lowest BCUT2D eigenvalue weighted by molar-refractivity contribution is -0.225. The minimum atomic E-state index is -1.18. The molecule has 6 aliphatic rings. The Morgan fingerprint density at radius 1 is 0.733 bits per heavy atom. The number of ketones is 4. The van der Waals surface area contributed by atoms with E-state index >= 15 is 0 Å². The average molecular weight is 1310 g/mol. The van der Waals surface area contributed by atoms with Crippen molar-refractivity contribution in [3.63, 3.8) is 0 Å². The van der Waals surface area contributed by atoms with Crippen LogP contribution in [0.5, 0.6) is 23.0 Å². The Morgan fingerprint density at radius 3 is 1.62 bits per heavy atom. The van der Waals surface area contributed by atoms with Crippen molar-refractivity contribution in [3.05, 3.63) is 127 Å². The number of esters is 4. The lowest BCUT2D eigenvalue weighted by Crippen LogP contribution is -2.65. The molecule has 10 rings (SSSR count). The fraction of sp³-hybridized carbons (Fsp3) is 0.393. The van der Waals surface area contributed by atoms with Gasteiger partial charge in [-0.05, 0) is 61.4 Å². The topological polar surface area (TPSA) is 328 Å². The minimum absolute atomic E-state index is 0.0301. The number of aliphatic hydroxyl groups excluding tert-OH is 1. The van der Waals surface area contributed by atoms with Gasteiger partial charge in [0.1, 0.15) is 52.5 Å². The number of hydrogen-bond donors (Lipinski definition) is 1. The summed E-state index contributed by atoms with van der Waals surface area (Å²) in [5.74, 6) is -1.32. The van der Waals surface area contributed by atoms with Crippen LogP contribution in [0.2, 0.25) is 0 Å². The zero-order valence-corrected chi connectivity index (χ0v) is 50.9. The van der Waals surface area contributed by atoms with Gasteiger partial charge in [-0.15, -0.1) is 40.5 Å². The van der Waals surface area contributed by atoms with E-state index in [0.29, 0.717) is 41.6 Å². The summed E-state index contributed by atoms with van der Waals surface area (Å²) in [4.78, 5) is 115. The van der Waals surface area contributed by atoms with E-state index in [1.807, 2.05) is 62.4 Å². The van der Waals surface area contributed by atoms with Crippen molar-refractivity contribution in [1.29, 1.82) is 5.26 Å². The highest BCUT2D eigenvalue weighted by Crippen LogP contribution is 2.59. The molecule has 4 heterocycles. The molecule has 4 aliphatic heterocycles. The molecule has 24 nitrogen and oxygen atoms in total. The van der Waals surface area contributed by atoms with Crippen LogP contribution in [0, 0.1) is 40.4 Å². The highest BCUT2D eigenvalue weighted by Gasteiger charge is 2.76. The lowest BCUT2D eigenvalue weighted by atomic mass is 9.69. The third-order valence-electron chi connectivity index (χ3n) is 12.7. The Labute approximate surface area is 520 Å². The molecular weight excluding hydrogens is 1250 g/mol. The first-order valence-electron chi connectivity index (χ1n) is 25.8. The third-order valence-corrected chi connectivity index (χ3v) is 15.7. The molecule has 1 N–H and O–H groups in total. The molecule has 30 heteroatoms. The predicted octanol–water partition coefficient (Wildman–Crippen LogP) is 8.97. The number of hydrogen-bond acceptors (Lipinski definition) is 26. The molecule has 0 amide bonds. The van der Waals surface area contributed by atoms with Gasteiger partial charge >= 0.3 is 28.9 Å². The fourth-order valence-corrected chi connectivity index (χ4v) is 10.6. The molecule has 2 saturated carbocycles. The van der Waals surface area contributed by atoms with Crippen LogP contribution < -0.4 is 19.6 Å². The van der Waals surface area contributed by atoms with Crippen LogP contribution in [0.3, 0.4) is 0 Å². The maximum atomic E-state index is 12.6. The molecular formula is C56H57Cl2N3O21S4. The van der Waals surface area contributed by atoms with Crippen molar-refractivity contribution >= 4 is 123 Å². The van der Waals surface area contributed by atoms with E-state index in [1.165, 1.54) is 6.92 Å². The Bertz CT molecular complexity index is 3010. The van der Waals surface area contributed by atoms with Crippen molar-refractivity contribution in [1.82, 2.24) is 0 Å². The molecule has 86 heavy (non-hydrogen) atoms. The van der Waals surface area contributed by atoms with E-state index in [1.54, 1.807) is 85.8 Å². The SMILES string of the molecule is CC#N.CC(C)C(O)C12CC(=O)C(C)(SOOc3ccccc3)C1OC2=O.ClCCl.O=C(CSOOc1ccccc1)CC1COC1=O.O=C1OC2C1CC(=O)C2SOOc1ccccc1.[N-]=[N+]=C(SOOc1ccccc1)C(=O)CC1COC1=O. The number of carbonyl (C=O) groups is 8. The lowest BCUT2D eigenvalue weighted by Gasteiger charge is -2.48. The maximum absolute atomic E-state index is 12.6. The van der Waals surface area contributed by atoms with Crippen LogP contribution in [0.1, 0.15) is 53.4 Å². The first kappa shape index (κ1) is 70.1. The summed E-state index contributed by atoms with van der Waals surface area (Å²) in [7, 11) is 0. The number of nitrogens with zero attached hydrogens (tertiary/aromatic N) is 3. The highest BCUT2D eigenvalue weighted by molar-refractivity contribution is 8.11. The molecule has 4 aromatic rings. The van der Waals surface area contributed by atoms with Crippen molar-refractivity contribution < 1.29 is 104 Å². The second-order valence-electron chi connectivity index (χ2n) is 19.0. The van der Waals surface area contributed by atoms with Crippen LogP contribution in [-0.4, -0.2) is 115 Å². The number of fused-ring (bicyclic) bond motifs is 2. The summed E-state index contributed by atoms with van der Waals surface area (Å²) in [6.07, 6.45) is -1.70. The first-order valence-corrected chi connectivity index (χ1v) is 30.0. The summed E-state index contributed by atoms with van der Waals surface area (Å²) >= 11 is 12.6. The standard InChI is InChI=1S/C17H20O6S.C12H10N2O5S.C12H10O5S.C12H12O5S.C2H3N.CH2Cl2/c1-10(2)13(19)17-9-12(18)16(3,14(17)21-15(17)20)24-23-22-11-7-5-4-6-8-11;13-14-11(10(15)6-8-7-17-12(8)16)20-19-18-9-4-2-1-3-5-9;13-9-6-8-10(15-12(8)14)11(9)18-17-16-7-4-2-1-3-5-7;13-10(6-9-7-15-12(9)14)8-18-17-16-11-4-2-1-3-5-11;1-2-3;2-1-3/h4-8,10,13-14,19H,9H2,1-3H3;1-5,8H,6-7H2;1-5,8,10-11H,6H2;1-5,9H,6-8H2;1H3;1H2. The number of carbonyl (C=O) groups excluding carboxylic acids is 8. The van der Waals surface area contributed by atoms with Gasteiger partial charge in [0, 0.05) is 32.6 Å². The van der Waals surface area contributed by atoms with Gasteiger partial charge < -0.3 is 49.1 Å². The largest absolute Gasteiger partial charge is 0.464 e. The summed E-state index contributed by atoms with van der Waals surface area (Å²) in [6, 6.07) is 37.2. The summed E-state index contributed by atoms with van der Waals surface area (Å²) < 4.78 is 37.9. The highest BCUT2D eigenvalue weighted by atomic mass is 35.5. The number of nitriles is 1. The fourth-order valence-electron chi connectivity index (χ4n) is 8.22. The van der Waals surface area contributed by atoms with Crippen LogP contribution in [0.25, 0.3) is 5.53 Å². The summed E-state index contributed by atoms with van der Waals surface area (Å²) in [5.41, 5.74) is 7.58. The number of ether oxygens (including phenoxy) is 4. The number of aliphatic hydroxyl groups is 1. The van der Waals surface area contributed by atoms with Crippen LogP contribution in [-0.2, 0) is 74.6 Å². The number of rotatable bonds is 23. The minimum Gasteiger partial charge on any atom is -0.464 e. The van der Waals surface area contributed by atoms with E-state index in [0.717, 1.165) is 36.1 Å². The van der Waals surface area contributed by atoms with E-state index < -0.39 is 51.3 Å². The van der Waals surface area contributed by atoms with Crippen molar-refractivity contribution in [2.24, 2.45) is 29.1 Å². The third kappa shape index (κ3) is 19.9. The van der Waals surface area contributed by atoms with Gasteiger partial charge in [0.05, 0.1) is 71.2 Å². The van der Waals surface area contributed by atoms with Crippen LogP contribution in [0.15, 0.2) is 121 Å². The molecule has 0 radical (unpaired) electrons. The van der Waals surface area contributed by atoms with E-state index in [-0.39, 0.29) is 102 Å². The summed E-state index contributed by atoms with van der Waals surface area (Å²) in [5, 5.41) is 17.2. The molecule has 0 aromatic heterocycles. The monoisotopic (exact) mass is 1310 g/mol. The molecule has 9 unspecified atom stereocenters. The number of cyclic esters (lactones) is 2. The Kier molecular flexibility index (Phi) is 29.2. The average Bonchev–Trinajstić information content (AvgIpc) is 1.57. The molecule has 4 aromatic carbocycles. The molecule has 2 aliphatic carbocycles. The quantitative estimate of drug-likeness (QED) is 0.00618. The number of Topliss-reactive ketones (excluding diaryl/α,β-unsaturated/α-hetero) is 4. The Balaban J connectivity index is 0.000000204. The van der Waals surface area contributed by atoms with Gasteiger partial charge in [0.25, 0.3) is 5.78 Å². The Hall–Kier alpha value is -6.71. The molecule has 4 saturated heterocycles. The smallest absolute Gasteiger partial charge is 0.422 e. The van der Waals surface area contributed by atoms with Crippen molar-refractivity contribution in [2.75, 3.05) is 24.3 Å². The van der Waals surface area contributed by atoms with E-state index in [9.17, 15) is 43.5 Å². The second-order valence-corrected chi connectivity index (χ2v) is 23.1. The molecule has 9 atom stereocenters. The van der Waals surface area contributed by atoms with Gasteiger partial charge in [0.15, 0.2) is 46.6 Å². The zero-order chi connectivity index (χ0) is 62.7. The summed E-state index contributed by atoms with van der Waals surface area (Å²) in [6.45, 7) is 7.25. The predicted molar refractivity (Wildman–Crippen MR) is 310 cm³/mol. The Morgan fingerprint density at radius 2 is 1.20 bits per heavy atom. The molecule has 0 bridgehead atoms. The number of halogens is 2. The van der Waals surface area contributed by atoms with Gasteiger partial charge in [-0.3, -0.25) is 38.4 Å². The van der Waals surface area contributed by atoms with Gasteiger partial charge in [-0.25, -0.2) is 0 Å². The van der Waals surface area contributed by atoms with Gasteiger partial charge in [-0.2, -0.15) is 10.1 Å². The first-order chi connectivity index (χ1) is 41.4. The molecule has 460 valence electrons. The number of para-hydroxylation sites is 4. The van der Waals surface area contributed by atoms with Gasteiger partial charge in [-0.1, -0.05) is 86.6 Å². The maximum Gasteiger partial charge on any atom is 0.422 e. The van der Waals surface area contributed by atoms with Crippen molar-refractivity contribution in [2.45, 2.75) is 81.7 Å². The number of alkyl halides is 2. The zero-order valence-electron chi connectivity index (χ0n) is 46.2. The van der Waals surface area contributed by atoms with Gasteiger partial charge in [0.2, 0.25) is 0 Å². The number of benzene rings is 4. The van der Waals surface area contributed by atoms with Crippen molar-refractivity contribution in [3.8, 4) is 29.1 Å². The van der Waals surface area contributed by atoms with Crippen LogP contribution in [0.4, 0.5) is 0 Å². The molecule has 6 fully saturated rings. The van der Waals surface area contributed by atoms with E-state index in [2.05, 4.69) is 14.3 Å². The second kappa shape index (κ2) is 35.8.